The molecule has 0 unspecified atom stereocenters. The number of hydrogen-bond acceptors (Lipinski definition) is 6. The summed E-state index contributed by atoms with van der Waals surface area (Å²) in [5, 5.41) is 3.48. The molecule has 8 heteroatoms. The van der Waals surface area contributed by atoms with Gasteiger partial charge in [-0.05, 0) is 31.3 Å². The van der Waals surface area contributed by atoms with Crippen LogP contribution in [0.3, 0.4) is 0 Å². The lowest BCUT2D eigenvalue weighted by Gasteiger charge is -2.36. The summed E-state index contributed by atoms with van der Waals surface area (Å²) in [6, 6.07) is 4.05. The van der Waals surface area contributed by atoms with Crippen LogP contribution in [0.25, 0.3) is 0 Å². The van der Waals surface area contributed by atoms with Crippen molar-refractivity contribution in [1.82, 2.24) is 20.0 Å². The Labute approximate surface area is 175 Å². The Bertz CT molecular complexity index is 635. The van der Waals surface area contributed by atoms with E-state index in [1.54, 1.807) is 21.3 Å². The third kappa shape index (κ3) is 6.40. The zero-order valence-corrected chi connectivity index (χ0v) is 18.8. The zero-order chi connectivity index (χ0) is 21.2. The summed E-state index contributed by atoms with van der Waals surface area (Å²) in [4.78, 5) is 11.5. The van der Waals surface area contributed by atoms with Crippen LogP contribution >= 0.6 is 0 Å². The van der Waals surface area contributed by atoms with Gasteiger partial charge in [-0.1, -0.05) is 6.92 Å². The highest BCUT2D eigenvalue weighted by molar-refractivity contribution is 5.80. The zero-order valence-electron chi connectivity index (χ0n) is 18.8. The molecule has 2 rings (SSSR count). The van der Waals surface area contributed by atoms with Crippen LogP contribution in [-0.2, 0) is 6.54 Å². The lowest BCUT2D eigenvalue weighted by atomic mass is 10.1. The molecule has 0 aromatic heterocycles. The van der Waals surface area contributed by atoms with E-state index in [4.69, 9.17) is 14.2 Å². The predicted molar refractivity (Wildman–Crippen MR) is 117 cm³/mol. The Balaban J connectivity index is 1.91. The normalized spacial score (nSPS) is 15.6. The number of hydrogen-bond donors (Lipinski definition) is 1. The van der Waals surface area contributed by atoms with Gasteiger partial charge in [0.1, 0.15) is 0 Å². The second-order valence-corrected chi connectivity index (χ2v) is 7.17. The minimum absolute atomic E-state index is 0.632. The van der Waals surface area contributed by atoms with Gasteiger partial charge in [0.2, 0.25) is 5.75 Å². The van der Waals surface area contributed by atoms with Gasteiger partial charge >= 0.3 is 0 Å². The highest BCUT2D eigenvalue weighted by Crippen LogP contribution is 2.38. The Morgan fingerprint density at radius 3 is 2.17 bits per heavy atom. The SMILES string of the molecule is CCN(C)CCNC(=NC)N1CCN(Cc2cc(OC)c(OC)c(OC)c2)CC1. The molecule has 1 N–H and O–H groups in total. The minimum Gasteiger partial charge on any atom is -0.493 e. The van der Waals surface area contributed by atoms with E-state index in [-0.39, 0.29) is 0 Å². The monoisotopic (exact) mass is 407 g/mol. The molecule has 0 aliphatic carbocycles. The quantitative estimate of drug-likeness (QED) is 0.490. The van der Waals surface area contributed by atoms with Crippen molar-refractivity contribution < 1.29 is 14.2 Å². The first-order chi connectivity index (χ1) is 14.1. The maximum absolute atomic E-state index is 5.47. The van der Waals surface area contributed by atoms with Gasteiger partial charge in [-0.15, -0.1) is 0 Å². The van der Waals surface area contributed by atoms with Crippen LogP contribution in [0.5, 0.6) is 17.2 Å². The van der Waals surface area contributed by atoms with Crippen LogP contribution in [0.15, 0.2) is 17.1 Å². The van der Waals surface area contributed by atoms with Crippen molar-refractivity contribution >= 4 is 5.96 Å². The summed E-state index contributed by atoms with van der Waals surface area (Å²) in [5.74, 6) is 3.01. The van der Waals surface area contributed by atoms with Crippen molar-refractivity contribution in [1.29, 1.82) is 0 Å². The number of piperazine rings is 1. The number of nitrogens with zero attached hydrogens (tertiary/aromatic N) is 4. The summed E-state index contributed by atoms with van der Waals surface area (Å²) < 4.78 is 16.4. The highest BCUT2D eigenvalue weighted by atomic mass is 16.5. The molecule has 0 atom stereocenters. The Kier molecular flexibility index (Phi) is 9.34. The van der Waals surface area contributed by atoms with Crippen molar-refractivity contribution in [2.45, 2.75) is 13.5 Å². The summed E-state index contributed by atoms with van der Waals surface area (Å²) in [7, 11) is 8.91. The third-order valence-electron chi connectivity index (χ3n) is 5.33. The number of aliphatic imine (C=N–C) groups is 1. The van der Waals surface area contributed by atoms with Gasteiger partial charge in [0, 0.05) is 52.9 Å². The van der Waals surface area contributed by atoms with Gasteiger partial charge < -0.3 is 29.3 Å². The lowest BCUT2D eigenvalue weighted by Crippen LogP contribution is -2.52. The number of guanidine groups is 1. The molecule has 1 aliphatic heterocycles. The molecule has 0 amide bonds. The molecule has 0 saturated carbocycles. The van der Waals surface area contributed by atoms with Crippen molar-refractivity contribution in [3.63, 3.8) is 0 Å². The van der Waals surface area contributed by atoms with E-state index in [2.05, 4.69) is 39.0 Å². The number of likely N-dealkylation sites (N-methyl/N-ethyl adjacent to an activating group) is 1. The van der Waals surface area contributed by atoms with E-state index in [9.17, 15) is 0 Å². The predicted octanol–water partition coefficient (Wildman–Crippen LogP) is 1.36. The summed E-state index contributed by atoms with van der Waals surface area (Å²) >= 11 is 0. The van der Waals surface area contributed by atoms with Gasteiger partial charge in [0.05, 0.1) is 21.3 Å². The number of rotatable bonds is 9. The Hall–Kier alpha value is -2.19. The molecular formula is C21H37N5O3. The second kappa shape index (κ2) is 11.7. The molecule has 164 valence electrons. The van der Waals surface area contributed by atoms with Gasteiger partial charge in [-0.3, -0.25) is 9.89 Å². The van der Waals surface area contributed by atoms with Crippen molar-refractivity contribution in [2.75, 3.05) is 81.2 Å². The van der Waals surface area contributed by atoms with E-state index in [0.717, 1.165) is 63.9 Å². The number of benzene rings is 1. The third-order valence-corrected chi connectivity index (χ3v) is 5.33. The maximum atomic E-state index is 5.47. The molecule has 1 heterocycles. The largest absolute Gasteiger partial charge is 0.493 e. The molecule has 8 nitrogen and oxygen atoms in total. The van der Waals surface area contributed by atoms with Crippen LogP contribution in [0.4, 0.5) is 0 Å². The van der Waals surface area contributed by atoms with Crippen LogP contribution in [0.2, 0.25) is 0 Å². The number of ether oxygens (including phenoxy) is 3. The number of nitrogens with one attached hydrogen (secondary N) is 1. The Morgan fingerprint density at radius 1 is 1.07 bits per heavy atom. The van der Waals surface area contributed by atoms with E-state index in [1.807, 2.05) is 19.2 Å². The van der Waals surface area contributed by atoms with E-state index >= 15 is 0 Å². The summed E-state index contributed by atoms with van der Waals surface area (Å²) in [6.45, 7) is 9.85. The van der Waals surface area contributed by atoms with Gasteiger partial charge in [-0.25, -0.2) is 0 Å². The summed E-state index contributed by atoms with van der Waals surface area (Å²) in [5.41, 5.74) is 1.15. The van der Waals surface area contributed by atoms with Gasteiger partial charge in [0.25, 0.3) is 0 Å². The first-order valence-electron chi connectivity index (χ1n) is 10.2. The molecule has 1 aliphatic rings. The van der Waals surface area contributed by atoms with Crippen LogP contribution in [0, 0.1) is 0 Å². The average Bonchev–Trinajstić information content (AvgIpc) is 2.76. The van der Waals surface area contributed by atoms with E-state index in [1.165, 1.54) is 0 Å². The first-order valence-corrected chi connectivity index (χ1v) is 10.2. The van der Waals surface area contributed by atoms with Crippen molar-refractivity contribution in [3.05, 3.63) is 17.7 Å². The van der Waals surface area contributed by atoms with Crippen molar-refractivity contribution in [3.8, 4) is 17.2 Å². The smallest absolute Gasteiger partial charge is 0.203 e. The fraction of sp³-hybridized carbons (Fsp3) is 0.667. The van der Waals surface area contributed by atoms with Crippen LogP contribution in [-0.4, -0.2) is 102 Å². The molecule has 29 heavy (non-hydrogen) atoms. The topological polar surface area (TPSA) is 61.8 Å². The second-order valence-electron chi connectivity index (χ2n) is 7.17. The van der Waals surface area contributed by atoms with E-state index < -0.39 is 0 Å². The van der Waals surface area contributed by atoms with Crippen LogP contribution < -0.4 is 19.5 Å². The fourth-order valence-electron chi connectivity index (χ4n) is 3.45. The lowest BCUT2D eigenvalue weighted by molar-refractivity contribution is 0.172. The first kappa shape index (κ1) is 23.1. The van der Waals surface area contributed by atoms with Crippen molar-refractivity contribution in [2.24, 2.45) is 4.99 Å². The van der Waals surface area contributed by atoms with Gasteiger partial charge in [-0.2, -0.15) is 0 Å². The molecule has 0 spiro atoms. The molecule has 1 aromatic rings. The fourth-order valence-corrected chi connectivity index (χ4v) is 3.45. The Morgan fingerprint density at radius 2 is 1.69 bits per heavy atom. The highest BCUT2D eigenvalue weighted by Gasteiger charge is 2.21. The summed E-state index contributed by atoms with van der Waals surface area (Å²) in [6.07, 6.45) is 0. The maximum Gasteiger partial charge on any atom is 0.203 e. The van der Waals surface area contributed by atoms with Gasteiger partial charge in [0.15, 0.2) is 17.5 Å². The molecule has 1 fully saturated rings. The molecule has 0 bridgehead atoms. The molecule has 1 saturated heterocycles. The molecule has 0 radical (unpaired) electrons. The van der Waals surface area contributed by atoms with E-state index in [0.29, 0.717) is 17.2 Å². The average molecular weight is 408 g/mol. The standard InChI is InChI=1S/C21H37N5O3/c1-7-24(3)9-8-23-21(22-2)26-12-10-25(11-13-26)16-17-14-18(27-4)20(29-6)19(15-17)28-5/h14-15H,7-13,16H2,1-6H3,(H,22,23). The van der Waals surface area contributed by atoms with Crippen LogP contribution in [0.1, 0.15) is 12.5 Å². The molecular weight excluding hydrogens is 370 g/mol. The minimum atomic E-state index is 0.632. The number of methoxy groups -OCH3 is 3. The molecule has 1 aromatic carbocycles.